The minimum absolute atomic E-state index is 0.268. The lowest BCUT2D eigenvalue weighted by atomic mass is 9.83. The summed E-state index contributed by atoms with van der Waals surface area (Å²) < 4.78 is 41.0. The van der Waals surface area contributed by atoms with Crippen molar-refractivity contribution in [3.8, 4) is 16.9 Å². The Labute approximate surface area is 177 Å². The molecule has 1 aromatic heterocycles. The van der Waals surface area contributed by atoms with E-state index in [1.54, 1.807) is 44.3 Å². The summed E-state index contributed by atoms with van der Waals surface area (Å²) in [6.45, 7) is 3.56. The van der Waals surface area contributed by atoms with E-state index in [1.807, 2.05) is 18.2 Å². The van der Waals surface area contributed by atoms with Crippen LogP contribution in [-0.4, -0.2) is 22.4 Å². The van der Waals surface area contributed by atoms with E-state index >= 15 is 0 Å². The van der Waals surface area contributed by atoms with Crippen LogP contribution in [0.3, 0.4) is 0 Å². The SMILES string of the molecule is CC(C)(C(=O)O)c1cccc(-c2ccc(NCc3cccc(OC(F)(F)F)c3)nc2)c1. The van der Waals surface area contributed by atoms with Crippen LogP contribution >= 0.6 is 0 Å². The second-order valence-electron chi connectivity index (χ2n) is 7.49. The number of pyridine rings is 1. The highest BCUT2D eigenvalue weighted by Crippen LogP contribution is 2.29. The topological polar surface area (TPSA) is 71.5 Å². The molecule has 0 bridgehead atoms. The Hall–Kier alpha value is -3.55. The molecule has 1 heterocycles. The van der Waals surface area contributed by atoms with Crippen molar-refractivity contribution in [3.05, 3.63) is 78.0 Å². The van der Waals surface area contributed by atoms with E-state index in [0.29, 0.717) is 16.9 Å². The van der Waals surface area contributed by atoms with Gasteiger partial charge >= 0.3 is 12.3 Å². The van der Waals surface area contributed by atoms with Gasteiger partial charge in [-0.25, -0.2) is 4.98 Å². The highest BCUT2D eigenvalue weighted by atomic mass is 19.4. The molecule has 0 aliphatic rings. The van der Waals surface area contributed by atoms with Gasteiger partial charge < -0.3 is 15.2 Å². The first kappa shape index (κ1) is 22.1. The molecule has 3 rings (SSSR count). The van der Waals surface area contributed by atoms with E-state index in [1.165, 1.54) is 18.2 Å². The number of rotatable bonds is 7. The first-order valence-electron chi connectivity index (χ1n) is 9.43. The van der Waals surface area contributed by atoms with E-state index in [4.69, 9.17) is 0 Å². The summed E-state index contributed by atoms with van der Waals surface area (Å²) in [4.78, 5) is 15.8. The molecule has 0 unspecified atom stereocenters. The van der Waals surface area contributed by atoms with Crippen molar-refractivity contribution in [2.75, 3.05) is 5.32 Å². The van der Waals surface area contributed by atoms with Crippen molar-refractivity contribution >= 4 is 11.8 Å². The minimum atomic E-state index is -4.74. The predicted molar refractivity (Wildman–Crippen MR) is 111 cm³/mol. The maximum atomic E-state index is 12.4. The third-order valence-corrected chi connectivity index (χ3v) is 4.82. The van der Waals surface area contributed by atoms with Crippen molar-refractivity contribution in [2.24, 2.45) is 0 Å². The van der Waals surface area contributed by atoms with Crippen molar-refractivity contribution in [2.45, 2.75) is 32.2 Å². The summed E-state index contributed by atoms with van der Waals surface area (Å²) in [5, 5.41) is 12.5. The van der Waals surface area contributed by atoms with Crippen LogP contribution in [0.15, 0.2) is 66.9 Å². The smallest absolute Gasteiger partial charge is 0.481 e. The molecule has 0 spiro atoms. The van der Waals surface area contributed by atoms with Crippen LogP contribution in [0.25, 0.3) is 11.1 Å². The van der Waals surface area contributed by atoms with Gasteiger partial charge in [0.2, 0.25) is 0 Å². The average Bonchev–Trinajstić information content (AvgIpc) is 2.72. The summed E-state index contributed by atoms with van der Waals surface area (Å²) in [5.74, 6) is -0.640. The molecule has 8 heteroatoms. The molecule has 0 atom stereocenters. The third kappa shape index (κ3) is 5.75. The molecule has 0 amide bonds. The van der Waals surface area contributed by atoms with Gasteiger partial charge in [0.05, 0.1) is 5.41 Å². The zero-order valence-corrected chi connectivity index (χ0v) is 16.9. The van der Waals surface area contributed by atoms with Gasteiger partial charge in [-0.3, -0.25) is 4.79 Å². The number of nitrogens with zero attached hydrogens (tertiary/aromatic N) is 1. The number of carboxylic acids is 1. The second-order valence-corrected chi connectivity index (χ2v) is 7.49. The number of alkyl halides is 3. The van der Waals surface area contributed by atoms with E-state index in [9.17, 15) is 23.1 Å². The summed E-state index contributed by atoms with van der Waals surface area (Å²) in [6, 6.07) is 16.6. The van der Waals surface area contributed by atoms with Crippen molar-refractivity contribution in [1.29, 1.82) is 0 Å². The lowest BCUT2D eigenvalue weighted by molar-refractivity contribution is -0.274. The van der Waals surface area contributed by atoms with E-state index in [2.05, 4.69) is 15.0 Å². The Morgan fingerprint density at radius 1 is 1.03 bits per heavy atom. The Morgan fingerprint density at radius 2 is 1.77 bits per heavy atom. The third-order valence-electron chi connectivity index (χ3n) is 4.82. The van der Waals surface area contributed by atoms with Gasteiger partial charge in [-0.15, -0.1) is 13.2 Å². The summed E-state index contributed by atoms with van der Waals surface area (Å²) in [7, 11) is 0. The number of anilines is 1. The van der Waals surface area contributed by atoms with Crippen molar-refractivity contribution < 1.29 is 27.8 Å². The number of carboxylic acid groups (broad SMARTS) is 1. The van der Waals surface area contributed by atoms with Gasteiger partial charge in [-0.1, -0.05) is 30.3 Å². The molecule has 0 aliphatic heterocycles. The van der Waals surface area contributed by atoms with Crippen LogP contribution < -0.4 is 10.1 Å². The molecular formula is C23H21F3N2O3. The molecule has 31 heavy (non-hydrogen) atoms. The predicted octanol–water partition coefficient (Wildman–Crippen LogP) is 5.62. The fourth-order valence-corrected chi connectivity index (χ4v) is 2.93. The van der Waals surface area contributed by atoms with E-state index < -0.39 is 17.7 Å². The molecular weight excluding hydrogens is 409 g/mol. The fourth-order valence-electron chi connectivity index (χ4n) is 2.93. The lowest BCUT2D eigenvalue weighted by Crippen LogP contribution is -2.28. The number of ether oxygens (including phenoxy) is 1. The number of aliphatic carboxylic acids is 1. The molecule has 162 valence electrons. The normalized spacial score (nSPS) is 11.8. The number of benzene rings is 2. The molecule has 0 saturated heterocycles. The highest BCUT2D eigenvalue weighted by molar-refractivity contribution is 5.81. The molecule has 2 aromatic carbocycles. The number of hydrogen-bond donors (Lipinski definition) is 2. The number of carbonyl (C=O) groups is 1. The molecule has 0 fully saturated rings. The fraction of sp³-hybridized carbons (Fsp3) is 0.217. The molecule has 0 radical (unpaired) electrons. The number of nitrogens with one attached hydrogen (secondary N) is 1. The first-order chi connectivity index (χ1) is 14.5. The summed E-state index contributed by atoms with van der Waals surface area (Å²) in [5.41, 5.74) is 1.92. The Bertz CT molecular complexity index is 1060. The lowest BCUT2D eigenvalue weighted by Gasteiger charge is -2.20. The quantitative estimate of drug-likeness (QED) is 0.509. The van der Waals surface area contributed by atoms with E-state index in [0.717, 1.165) is 11.1 Å². The molecule has 0 aliphatic carbocycles. The largest absolute Gasteiger partial charge is 0.573 e. The average molecular weight is 430 g/mol. The van der Waals surface area contributed by atoms with Gasteiger partial charge in [0.25, 0.3) is 0 Å². The van der Waals surface area contributed by atoms with Crippen molar-refractivity contribution in [1.82, 2.24) is 4.98 Å². The second kappa shape index (κ2) is 8.67. The van der Waals surface area contributed by atoms with Crippen LogP contribution in [-0.2, 0) is 16.8 Å². The maximum absolute atomic E-state index is 12.4. The van der Waals surface area contributed by atoms with Gasteiger partial charge in [-0.05, 0) is 60.9 Å². The van der Waals surface area contributed by atoms with E-state index in [-0.39, 0.29) is 12.3 Å². The molecule has 5 nitrogen and oxygen atoms in total. The monoisotopic (exact) mass is 430 g/mol. The number of hydrogen-bond acceptors (Lipinski definition) is 4. The van der Waals surface area contributed by atoms with Crippen LogP contribution in [0.4, 0.5) is 19.0 Å². The van der Waals surface area contributed by atoms with Crippen LogP contribution in [0.2, 0.25) is 0 Å². The summed E-state index contributed by atoms with van der Waals surface area (Å²) >= 11 is 0. The van der Waals surface area contributed by atoms with Crippen LogP contribution in [0, 0.1) is 0 Å². The zero-order valence-electron chi connectivity index (χ0n) is 16.9. The standard InChI is InChI=1S/C23H21F3N2O3/c1-22(2,21(29)30)18-7-4-6-16(12-18)17-9-10-20(28-14-17)27-13-15-5-3-8-19(11-15)31-23(24,25)26/h3-12,14H,13H2,1-2H3,(H,27,28)(H,29,30). The highest BCUT2D eigenvalue weighted by Gasteiger charge is 2.31. The summed E-state index contributed by atoms with van der Waals surface area (Å²) in [6.07, 6.45) is -3.08. The Balaban J connectivity index is 1.69. The molecule has 2 N–H and O–H groups in total. The zero-order chi connectivity index (χ0) is 22.6. The van der Waals surface area contributed by atoms with Gasteiger partial charge in [-0.2, -0.15) is 0 Å². The van der Waals surface area contributed by atoms with Crippen LogP contribution in [0.1, 0.15) is 25.0 Å². The van der Waals surface area contributed by atoms with Gasteiger partial charge in [0, 0.05) is 18.3 Å². The van der Waals surface area contributed by atoms with Gasteiger partial charge in [0.1, 0.15) is 11.6 Å². The first-order valence-corrected chi connectivity index (χ1v) is 9.43. The number of halogens is 3. The minimum Gasteiger partial charge on any atom is -0.481 e. The Morgan fingerprint density at radius 3 is 2.42 bits per heavy atom. The van der Waals surface area contributed by atoms with Crippen LogP contribution in [0.5, 0.6) is 5.75 Å². The number of aromatic nitrogens is 1. The maximum Gasteiger partial charge on any atom is 0.573 e. The van der Waals surface area contributed by atoms with Crippen molar-refractivity contribution in [3.63, 3.8) is 0 Å². The molecule has 0 saturated carbocycles. The molecule has 3 aromatic rings. The van der Waals surface area contributed by atoms with Gasteiger partial charge in [0.15, 0.2) is 0 Å². The Kier molecular flexibility index (Phi) is 6.19.